The Morgan fingerprint density at radius 1 is 1.47 bits per heavy atom. The summed E-state index contributed by atoms with van der Waals surface area (Å²) in [6.45, 7) is 6.05. The molecule has 1 N–H and O–H groups in total. The van der Waals surface area contributed by atoms with Gasteiger partial charge in [0.15, 0.2) is 0 Å². The topological polar surface area (TPSA) is 55.6 Å². The van der Waals surface area contributed by atoms with Crippen LogP contribution in [0.2, 0.25) is 0 Å². The Morgan fingerprint density at radius 2 is 2.27 bits per heavy atom. The minimum Gasteiger partial charge on any atom is -0.328 e. The van der Waals surface area contributed by atoms with E-state index >= 15 is 0 Å². The highest BCUT2D eigenvalue weighted by Gasteiger charge is 2.04. The van der Waals surface area contributed by atoms with Crippen LogP contribution in [0.25, 0.3) is 0 Å². The van der Waals surface area contributed by atoms with E-state index in [-0.39, 0.29) is 0 Å². The van der Waals surface area contributed by atoms with Crippen LogP contribution in [0.5, 0.6) is 0 Å². The predicted molar refractivity (Wildman–Crippen MR) is 60.5 cm³/mol. The highest BCUT2D eigenvalue weighted by Crippen LogP contribution is 2.18. The second kappa shape index (κ2) is 3.98. The summed E-state index contributed by atoms with van der Waals surface area (Å²) in [5.41, 5.74) is 0.944. The van der Waals surface area contributed by atoms with Gasteiger partial charge in [0.1, 0.15) is 5.82 Å². The Morgan fingerprint density at radius 3 is 2.80 bits per heavy atom. The van der Waals surface area contributed by atoms with E-state index in [4.69, 9.17) is 0 Å². The number of anilines is 2. The summed E-state index contributed by atoms with van der Waals surface area (Å²) in [6.07, 6.45) is 3.75. The average molecular weight is 223 g/mol. The molecule has 0 spiro atoms. The van der Waals surface area contributed by atoms with Gasteiger partial charge in [-0.15, -0.1) is 0 Å². The molecular weight excluding hydrogens is 210 g/mol. The maximum Gasteiger partial charge on any atom is 0.207 e. The van der Waals surface area contributed by atoms with E-state index < -0.39 is 0 Å². The largest absolute Gasteiger partial charge is 0.328 e. The molecule has 0 fully saturated rings. The summed E-state index contributed by atoms with van der Waals surface area (Å²) >= 11 is 1.35. The van der Waals surface area contributed by atoms with Crippen molar-refractivity contribution >= 4 is 22.4 Å². The number of hydrogen-bond donors (Lipinski definition) is 1. The van der Waals surface area contributed by atoms with Gasteiger partial charge in [0.25, 0.3) is 0 Å². The molecule has 2 rings (SSSR count). The molecule has 6 heteroatoms. The molecule has 0 bridgehead atoms. The monoisotopic (exact) mass is 223 g/mol. The minimum absolute atomic E-state index is 0.372. The number of nitrogens with one attached hydrogen (secondary N) is 1. The van der Waals surface area contributed by atoms with E-state index in [0.29, 0.717) is 6.04 Å². The van der Waals surface area contributed by atoms with Crippen molar-refractivity contribution in [3.05, 3.63) is 18.2 Å². The molecule has 0 aliphatic carbocycles. The molecule has 15 heavy (non-hydrogen) atoms. The number of rotatable bonds is 3. The first kappa shape index (κ1) is 10.1. The zero-order chi connectivity index (χ0) is 10.8. The normalized spacial score (nSPS) is 10.9. The lowest BCUT2D eigenvalue weighted by molar-refractivity contribution is 0.532. The molecule has 5 nitrogen and oxygen atoms in total. The highest BCUT2D eigenvalue weighted by molar-refractivity contribution is 7.09. The second-order valence-electron chi connectivity index (χ2n) is 3.57. The van der Waals surface area contributed by atoms with Crippen LogP contribution in [0.15, 0.2) is 12.4 Å². The average Bonchev–Trinajstić information content (AvgIpc) is 2.76. The Kier molecular flexibility index (Phi) is 2.68. The van der Waals surface area contributed by atoms with Crippen LogP contribution in [0.3, 0.4) is 0 Å². The smallest absolute Gasteiger partial charge is 0.207 e. The van der Waals surface area contributed by atoms with Crippen LogP contribution in [0.1, 0.15) is 25.7 Å². The van der Waals surface area contributed by atoms with E-state index in [1.807, 2.05) is 17.8 Å². The van der Waals surface area contributed by atoms with Gasteiger partial charge < -0.3 is 5.32 Å². The van der Waals surface area contributed by atoms with Gasteiger partial charge in [-0.1, -0.05) is 0 Å². The standard InChI is InChI=1S/C9H13N5S/c1-6(2)14-5-8(4-10-14)12-9-11-7(3)13-15-9/h4-6H,1-3H3,(H,11,12,13). The maximum atomic E-state index is 4.23. The molecule has 2 aromatic heterocycles. The van der Waals surface area contributed by atoms with E-state index in [9.17, 15) is 0 Å². The molecule has 0 saturated carbocycles. The lowest BCUT2D eigenvalue weighted by Gasteiger charge is -2.02. The zero-order valence-corrected chi connectivity index (χ0v) is 9.75. The zero-order valence-electron chi connectivity index (χ0n) is 8.93. The van der Waals surface area contributed by atoms with Gasteiger partial charge in [-0.25, -0.2) is 4.98 Å². The van der Waals surface area contributed by atoms with Gasteiger partial charge in [-0.2, -0.15) is 9.47 Å². The molecule has 0 atom stereocenters. The van der Waals surface area contributed by atoms with Crippen molar-refractivity contribution in [1.82, 2.24) is 19.1 Å². The Bertz CT molecular complexity index is 445. The Labute approximate surface area is 92.3 Å². The van der Waals surface area contributed by atoms with Gasteiger partial charge in [0.2, 0.25) is 5.13 Å². The number of nitrogens with zero attached hydrogens (tertiary/aromatic N) is 4. The third-order valence-corrected chi connectivity index (χ3v) is 2.63. The highest BCUT2D eigenvalue weighted by atomic mass is 32.1. The maximum absolute atomic E-state index is 4.23. The molecule has 0 amide bonds. The fraction of sp³-hybridized carbons (Fsp3) is 0.444. The molecule has 0 radical (unpaired) electrons. The van der Waals surface area contributed by atoms with E-state index in [1.165, 1.54) is 11.5 Å². The van der Waals surface area contributed by atoms with Crippen LogP contribution >= 0.6 is 11.5 Å². The molecule has 0 aliphatic rings. The molecule has 0 aromatic carbocycles. The fourth-order valence-electron chi connectivity index (χ4n) is 1.16. The van der Waals surface area contributed by atoms with Gasteiger partial charge in [0.05, 0.1) is 11.9 Å². The van der Waals surface area contributed by atoms with Crippen molar-refractivity contribution in [2.24, 2.45) is 0 Å². The van der Waals surface area contributed by atoms with Gasteiger partial charge in [0, 0.05) is 23.8 Å². The molecule has 0 unspecified atom stereocenters. The van der Waals surface area contributed by atoms with Crippen LogP contribution < -0.4 is 5.32 Å². The van der Waals surface area contributed by atoms with Crippen molar-refractivity contribution in [2.75, 3.05) is 5.32 Å². The van der Waals surface area contributed by atoms with Crippen LogP contribution in [0.4, 0.5) is 10.8 Å². The lowest BCUT2D eigenvalue weighted by atomic mass is 10.4. The SMILES string of the molecule is Cc1nsc(Nc2cnn(C(C)C)c2)n1. The fourth-order valence-corrected chi connectivity index (χ4v) is 1.75. The quantitative estimate of drug-likeness (QED) is 0.868. The van der Waals surface area contributed by atoms with E-state index in [2.05, 4.69) is 33.6 Å². The van der Waals surface area contributed by atoms with Crippen LogP contribution in [0, 0.1) is 6.92 Å². The van der Waals surface area contributed by atoms with E-state index in [0.717, 1.165) is 16.6 Å². The molecule has 0 aliphatic heterocycles. The minimum atomic E-state index is 0.372. The third kappa shape index (κ3) is 2.33. The first-order valence-electron chi connectivity index (χ1n) is 4.76. The molecule has 2 heterocycles. The summed E-state index contributed by atoms with van der Waals surface area (Å²) in [7, 11) is 0. The van der Waals surface area contributed by atoms with Gasteiger partial charge in [-0.05, 0) is 20.8 Å². The first-order chi connectivity index (χ1) is 7.15. The third-order valence-electron chi connectivity index (χ3n) is 1.91. The number of aryl methyl sites for hydroxylation is 1. The van der Waals surface area contributed by atoms with Crippen molar-refractivity contribution < 1.29 is 0 Å². The van der Waals surface area contributed by atoms with Crippen LogP contribution in [-0.4, -0.2) is 19.1 Å². The summed E-state index contributed by atoms with van der Waals surface area (Å²) in [6, 6.07) is 0.372. The predicted octanol–water partition coefficient (Wildman–Crippen LogP) is 2.37. The Hall–Kier alpha value is -1.43. The molecule has 80 valence electrons. The summed E-state index contributed by atoms with van der Waals surface area (Å²) in [5, 5.41) is 8.19. The summed E-state index contributed by atoms with van der Waals surface area (Å²) < 4.78 is 5.99. The van der Waals surface area contributed by atoms with Gasteiger partial charge in [-0.3, -0.25) is 4.68 Å². The molecule has 2 aromatic rings. The van der Waals surface area contributed by atoms with Crippen molar-refractivity contribution in [2.45, 2.75) is 26.8 Å². The van der Waals surface area contributed by atoms with Crippen molar-refractivity contribution in [1.29, 1.82) is 0 Å². The second-order valence-corrected chi connectivity index (χ2v) is 4.33. The number of hydrogen-bond acceptors (Lipinski definition) is 5. The lowest BCUT2D eigenvalue weighted by Crippen LogP contribution is -1.99. The first-order valence-corrected chi connectivity index (χ1v) is 5.54. The van der Waals surface area contributed by atoms with Crippen molar-refractivity contribution in [3.63, 3.8) is 0 Å². The molecule has 0 saturated heterocycles. The van der Waals surface area contributed by atoms with E-state index in [1.54, 1.807) is 6.20 Å². The summed E-state index contributed by atoms with van der Waals surface area (Å²) in [5.74, 6) is 0.791. The molecular formula is C9H13N5S. The Balaban J connectivity index is 2.11. The van der Waals surface area contributed by atoms with Crippen molar-refractivity contribution in [3.8, 4) is 0 Å². The number of aromatic nitrogens is 4. The van der Waals surface area contributed by atoms with Gasteiger partial charge >= 0.3 is 0 Å². The van der Waals surface area contributed by atoms with Crippen LogP contribution in [-0.2, 0) is 0 Å². The summed E-state index contributed by atoms with van der Waals surface area (Å²) in [4.78, 5) is 4.22.